The van der Waals surface area contributed by atoms with Gasteiger partial charge in [0.1, 0.15) is 0 Å². The summed E-state index contributed by atoms with van der Waals surface area (Å²) in [5, 5.41) is 12.6. The highest BCUT2D eigenvalue weighted by Crippen LogP contribution is 2.20. The second-order valence-corrected chi connectivity index (χ2v) is 5.66. The van der Waals surface area contributed by atoms with Gasteiger partial charge in [0.25, 0.3) is 0 Å². The number of halogens is 1. The molecule has 1 aromatic carbocycles. The number of nitrogens with zero attached hydrogens (tertiary/aromatic N) is 3. The van der Waals surface area contributed by atoms with Gasteiger partial charge in [-0.05, 0) is 43.5 Å². The van der Waals surface area contributed by atoms with E-state index < -0.39 is 0 Å². The van der Waals surface area contributed by atoms with E-state index in [1.54, 1.807) is 0 Å². The molecule has 0 aliphatic heterocycles. The van der Waals surface area contributed by atoms with Crippen LogP contribution in [-0.2, 0) is 13.0 Å². The molecule has 0 aliphatic carbocycles. The zero-order valence-corrected chi connectivity index (χ0v) is 13.5. The maximum Gasteiger partial charge on any atom is 0.0759 e. The highest BCUT2D eigenvalue weighted by Gasteiger charge is 2.17. The van der Waals surface area contributed by atoms with E-state index in [2.05, 4.69) is 35.5 Å². The van der Waals surface area contributed by atoms with Crippen LogP contribution in [0.2, 0.25) is 5.02 Å². The Labute approximate surface area is 131 Å². The lowest BCUT2D eigenvalue weighted by atomic mass is 10.0. The van der Waals surface area contributed by atoms with Crippen LogP contribution in [-0.4, -0.2) is 21.5 Å². The fraction of sp³-hybridized carbons (Fsp3) is 0.500. The fourth-order valence-electron chi connectivity index (χ4n) is 2.42. The Morgan fingerprint density at radius 1 is 1.29 bits per heavy atom. The molecule has 4 nitrogen and oxygen atoms in total. The van der Waals surface area contributed by atoms with Gasteiger partial charge in [-0.25, -0.2) is 4.68 Å². The number of rotatable bonds is 8. The van der Waals surface area contributed by atoms with E-state index in [9.17, 15) is 0 Å². The van der Waals surface area contributed by atoms with Crippen LogP contribution >= 0.6 is 11.6 Å². The van der Waals surface area contributed by atoms with Crippen molar-refractivity contribution in [2.24, 2.45) is 0 Å². The zero-order chi connectivity index (χ0) is 15.1. The zero-order valence-electron chi connectivity index (χ0n) is 12.7. The molecule has 2 rings (SSSR count). The molecule has 0 aliphatic rings. The molecule has 1 N–H and O–H groups in total. The van der Waals surface area contributed by atoms with Crippen LogP contribution in [0.15, 0.2) is 30.5 Å². The Balaban J connectivity index is 2.19. The molecule has 0 radical (unpaired) electrons. The van der Waals surface area contributed by atoms with Crippen LogP contribution in [0, 0.1) is 0 Å². The van der Waals surface area contributed by atoms with E-state index in [1.165, 1.54) is 5.56 Å². The summed E-state index contributed by atoms with van der Waals surface area (Å²) in [6.07, 6.45) is 4.90. The molecule has 1 atom stereocenters. The third-order valence-corrected chi connectivity index (χ3v) is 3.64. The monoisotopic (exact) mass is 306 g/mol. The van der Waals surface area contributed by atoms with Crippen LogP contribution in [0.4, 0.5) is 0 Å². The number of aryl methyl sites for hydroxylation is 1. The highest BCUT2D eigenvalue weighted by atomic mass is 35.5. The first kappa shape index (κ1) is 16.0. The molecule has 0 amide bonds. The predicted molar refractivity (Wildman–Crippen MR) is 86.5 cm³/mol. The Hall–Kier alpha value is -1.39. The standard InChI is InChI=1S/C16H23ClN4/c1-3-8-18-15(11-13-6-5-7-14(17)10-13)16-12-19-20-21(16)9-4-2/h5-7,10,12,15,18H,3-4,8-9,11H2,1-2H3. The minimum atomic E-state index is 0.213. The minimum Gasteiger partial charge on any atom is -0.308 e. The van der Waals surface area contributed by atoms with E-state index in [1.807, 2.05) is 29.1 Å². The molecule has 0 saturated heterocycles. The summed E-state index contributed by atoms with van der Waals surface area (Å²) in [7, 11) is 0. The molecule has 1 unspecified atom stereocenters. The minimum absolute atomic E-state index is 0.213. The summed E-state index contributed by atoms with van der Waals surface area (Å²) in [5.41, 5.74) is 2.37. The predicted octanol–water partition coefficient (Wildman–Crippen LogP) is 3.62. The maximum absolute atomic E-state index is 6.09. The van der Waals surface area contributed by atoms with Crippen molar-refractivity contribution in [1.29, 1.82) is 0 Å². The largest absolute Gasteiger partial charge is 0.308 e. The average molecular weight is 307 g/mol. The molecule has 1 aromatic heterocycles. The fourth-order valence-corrected chi connectivity index (χ4v) is 2.63. The number of hydrogen-bond acceptors (Lipinski definition) is 3. The first-order valence-electron chi connectivity index (χ1n) is 7.60. The molecule has 114 valence electrons. The van der Waals surface area contributed by atoms with Crippen LogP contribution in [0.1, 0.15) is 44.0 Å². The van der Waals surface area contributed by atoms with Crippen molar-refractivity contribution in [3.05, 3.63) is 46.7 Å². The van der Waals surface area contributed by atoms with Gasteiger partial charge in [0.2, 0.25) is 0 Å². The van der Waals surface area contributed by atoms with E-state index in [0.717, 1.165) is 43.1 Å². The van der Waals surface area contributed by atoms with E-state index in [4.69, 9.17) is 11.6 Å². The summed E-state index contributed by atoms with van der Waals surface area (Å²) in [4.78, 5) is 0. The van der Waals surface area contributed by atoms with Crippen molar-refractivity contribution >= 4 is 11.6 Å². The highest BCUT2D eigenvalue weighted by molar-refractivity contribution is 6.30. The lowest BCUT2D eigenvalue weighted by Crippen LogP contribution is -2.26. The van der Waals surface area contributed by atoms with Crippen LogP contribution in [0.3, 0.4) is 0 Å². The quantitative estimate of drug-likeness (QED) is 0.810. The number of hydrogen-bond donors (Lipinski definition) is 1. The van der Waals surface area contributed by atoms with Crippen molar-refractivity contribution in [3.8, 4) is 0 Å². The summed E-state index contributed by atoms with van der Waals surface area (Å²) >= 11 is 6.09. The maximum atomic E-state index is 6.09. The summed E-state index contributed by atoms with van der Waals surface area (Å²) in [6.45, 7) is 6.19. The van der Waals surface area contributed by atoms with Gasteiger partial charge in [0.15, 0.2) is 0 Å². The SMILES string of the molecule is CCCNC(Cc1cccc(Cl)c1)c1cnnn1CCC. The van der Waals surface area contributed by atoms with Gasteiger partial charge < -0.3 is 5.32 Å². The Kier molecular flexibility index (Phi) is 6.21. The lowest BCUT2D eigenvalue weighted by molar-refractivity contribution is 0.465. The van der Waals surface area contributed by atoms with Crippen molar-refractivity contribution < 1.29 is 0 Å². The topological polar surface area (TPSA) is 42.7 Å². The van der Waals surface area contributed by atoms with E-state index >= 15 is 0 Å². The van der Waals surface area contributed by atoms with Gasteiger partial charge in [-0.2, -0.15) is 0 Å². The van der Waals surface area contributed by atoms with Crippen molar-refractivity contribution in [1.82, 2.24) is 20.3 Å². The second kappa shape index (κ2) is 8.15. The second-order valence-electron chi connectivity index (χ2n) is 5.22. The smallest absolute Gasteiger partial charge is 0.0759 e. The summed E-state index contributed by atoms with van der Waals surface area (Å²) < 4.78 is 2.00. The van der Waals surface area contributed by atoms with Gasteiger partial charge in [-0.1, -0.05) is 42.8 Å². The van der Waals surface area contributed by atoms with Crippen LogP contribution < -0.4 is 5.32 Å². The van der Waals surface area contributed by atoms with Gasteiger partial charge in [0.05, 0.1) is 17.9 Å². The van der Waals surface area contributed by atoms with Gasteiger partial charge in [-0.3, -0.25) is 0 Å². The van der Waals surface area contributed by atoms with E-state index in [0.29, 0.717) is 0 Å². The van der Waals surface area contributed by atoms with Crippen molar-refractivity contribution in [2.45, 2.75) is 45.7 Å². The Morgan fingerprint density at radius 2 is 2.14 bits per heavy atom. The molecular formula is C16H23ClN4. The number of benzene rings is 1. The van der Waals surface area contributed by atoms with Gasteiger partial charge in [0, 0.05) is 11.6 Å². The van der Waals surface area contributed by atoms with Crippen LogP contribution in [0.5, 0.6) is 0 Å². The normalized spacial score (nSPS) is 12.5. The van der Waals surface area contributed by atoms with Gasteiger partial charge in [-0.15, -0.1) is 5.10 Å². The molecule has 5 heteroatoms. The number of nitrogens with one attached hydrogen (secondary N) is 1. The molecular weight excluding hydrogens is 284 g/mol. The Bertz CT molecular complexity index is 553. The van der Waals surface area contributed by atoms with E-state index in [-0.39, 0.29) is 6.04 Å². The van der Waals surface area contributed by atoms with Crippen molar-refractivity contribution in [3.63, 3.8) is 0 Å². The molecule has 2 aromatic rings. The molecule has 1 heterocycles. The van der Waals surface area contributed by atoms with Crippen molar-refractivity contribution in [2.75, 3.05) is 6.54 Å². The third-order valence-electron chi connectivity index (χ3n) is 3.41. The molecule has 0 fully saturated rings. The summed E-state index contributed by atoms with van der Waals surface area (Å²) in [6, 6.07) is 8.25. The molecule has 0 spiro atoms. The summed E-state index contributed by atoms with van der Waals surface area (Å²) in [5.74, 6) is 0. The average Bonchev–Trinajstić information content (AvgIpc) is 2.92. The lowest BCUT2D eigenvalue weighted by Gasteiger charge is -2.19. The Morgan fingerprint density at radius 3 is 2.86 bits per heavy atom. The first-order chi connectivity index (χ1) is 10.2. The molecule has 21 heavy (non-hydrogen) atoms. The van der Waals surface area contributed by atoms with Crippen LogP contribution in [0.25, 0.3) is 0 Å². The number of aromatic nitrogens is 3. The molecule has 0 bridgehead atoms. The third kappa shape index (κ3) is 4.55. The molecule has 0 saturated carbocycles. The van der Waals surface area contributed by atoms with Gasteiger partial charge >= 0.3 is 0 Å². The first-order valence-corrected chi connectivity index (χ1v) is 7.98.